The van der Waals surface area contributed by atoms with Crippen molar-refractivity contribution < 1.29 is 19.1 Å². The van der Waals surface area contributed by atoms with Gasteiger partial charge in [-0.3, -0.25) is 9.59 Å². The van der Waals surface area contributed by atoms with Crippen molar-refractivity contribution in [1.29, 1.82) is 0 Å². The number of halogens is 1. The SMILES string of the molecule is COc1ccc(CC(=O)OC(C)C(=O)c2ccc(Cl)cc2)cc1. The van der Waals surface area contributed by atoms with Crippen LogP contribution in [-0.2, 0) is 16.0 Å². The van der Waals surface area contributed by atoms with E-state index in [2.05, 4.69) is 0 Å². The number of methoxy groups -OCH3 is 1. The number of benzene rings is 2. The zero-order chi connectivity index (χ0) is 16.8. The van der Waals surface area contributed by atoms with Crippen LogP contribution in [0.15, 0.2) is 48.5 Å². The Bertz CT molecular complexity index is 677. The van der Waals surface area contributed by atoms with Crippen molar-refractivity contribution in [2.75, 3.05) is 7.11 Å². The lowest BCUT2D eigenvalue weighted by atomic mass is 10.1. The third kappa shape index (κ3) is 4.83. The van der Waals surface area contributed by atoms with Gasteiger partial charge in [-0.2, -0.15) is 0 Å². The van der Waals surface area contributed by atoms with Gasteiger partial charge in [-0.1, -0.05) is 23.7 Å². The lowest BCUT2D eigenvalue weighted by Gasteiger charge is -2.12. The standard InChI is InChI=1S/C18H17ClO4/c1-12(18(21)14-5-7-15(19)8-6-14)23-17(20)11-13-3-9-16(22-2)10-4-13/h3-10,12H,11H2,1-2H3. The zero-order valence-corrected chi connectivity index (χ0v) is 13.7. The molecule has 2 aromatic rings. The van der Waals surface area contributed by atoms with Gasteiger partial charge in [0.1, 0.15) is 5.75 Å². The van der Waals surface area contributed by atoms with Gasteiger partial charge in [0.25, 0.3) is 0 Å². The number of hydrogen-bond acceptors (Lipinski definition) is 4. The molecule has 120 valence electrons. The van der Waals surface area contributed by atoms with Gasteiger partial charge in [0.2, 0.25) is 5.78 Å². The number of carbonyl (C=O) groups is 2. The largest absolute Gasteiger partial charge is 0.497 e. The fraction of sp³-hybridized carbons (Fsp3) is 0.222. The van der Waals surface area contributed by atoms with Crippen LogP contribution in [0, 0.1) is 0 Å². The molecule has 0 saturated carbocycles. The molecule has 0 heterocycles. The van der Waals surface area contributed by atoms with E-state index >= 15 is 0 Å². The average Bonchev–Trinajstić information content (AvgIpc) is 2.55. The van der Waals surface area contributed by atoms with Crippen molar-refractivity contribution in [3.8, 4) is 5.75 Å². The topological polar surface area (TPSA) is 52.6 Å². The maximum Gasteiger partial charge on any atom is 0.310 e. The van der Waals surface area contributed by atoms with Crippen LogP contribution in [0.1, 0.15) is 22.8 Å². The fourth-order valence-electron chi connectivity index (χ4n) is 2.05. The number of esters is 1. The normalized spacial score (nSPS) is 11.6. The zero-order valence-electron chi connectivity index (χ0n) is 12.9. The molecule has 0 aliphatic rings. The molecule has 23 heavy (non-hydrogen) atoms. The number of ether oxygens (including phenoxy) is 2. The molecule has 0 bridgehead atoms. The lowest BCUT2D eigenvalue weighted by molar-refractivity contribution is -0.145. The Balaban J connectivity index is 1.93. The minimum absolute atomic E-state index is 0.0994. The molecule has 4 nitrogen and oxygen atoms in total. The highest BCUT2D eigenvalue weighted by atomic mass is 35.5. The fourth-order valence-corrected chi connectivity index (χ4v) is 2.18. The molecule has 0 N–H and O–H groups in total. The summed E-state index contributed by atoms with van der Waals surface area (Å²) in [7, 11) is 1.58. The summed E-state index contributed by atoms with van der Waals surface area (Å²) in [6.45, 7) is 1.56. The van der Waals surface area contributed by atoms with Gasteiger partial charge in [-0.25, -0.2) is 0 Å². The third-order valence-corrected chi connectivity index (χ3v) is 3.57. The number of carbonyl (C=O) groups excluding carboxylic acids is 2. The van der Waals surface area contributed by atoms with Crippen LogP contribution in [0.5, 0.6) is 5.75 Å². The molecule has 5 heteroatoms. The van der Waals surface area contributed by atoms with Crippen molar-refractivity contribution in [2.24, 2.45) is 0 Å². The van der Waals surface area contributed by atoms with E-state index in [0.717, 1.165) is 5.56 Å². The Morgan fingerprint density at radius 2 is 1.65 bits per heavy atom. The first kappa shape index (κ1) is 17.0. The van der Waals surface area contributed by atoms with E-state index in [1.54, 1.807) is 62.6 Å². The molecule has 0 aromatic heterocycles. The van der Waals surface area contributed by atoms with Crippen LogP contribution in [0.2, 0.25) is 5.02 Å². The smallest absolute Gasteiger partial charge is 0.310 e. The van der Waals surface area contributed by atoms with E-state index in [1.165, 1.54) is 0 Å². The first-order valence-electron chi connectivity index (χ1n) is 7.12. The second-order valence-electron chi connectivity index (χ2n) is 5.03. The number of Topliss-reactive ketones (excluding diaryl/α,β-unsaturated/α-hetero) is 1. The molecule has 0 radical (unpaired) electrons. The summed E-state index contributed by atoms with van der Waals surface area (Å²) in [5.41, 5.74) is 1.25. The van der Waals surface area contributed by atoms with Crippen molar-refractivity contribution in [1.82, 2.24) is 0 Å². The highest BCUT2D eigenvalue weighted by Gasteiger charge is 2.19. The van der Waals surface area contributed by atoms with Crippen molar-refractivity contribution in [2.45, 2.75) is 19.4 Å². The van der Waals surface area contributed by atoms with Crippen LogP contribution >= 0.6 is 11.6 Å². The monoisotopic (exact) mass is 332 g/mol. The van der Waals surface area contributed by atoms with Gasteiger partial charge in [-0.05, 0) is 48.9 Å². The van der Waals surface area contributed by atoms with Crippen molar-refractivity contribution >= 4 is 23.4 Å². The van der Waals surface area contributed by atoms with Gasteiger partial charge < -0.3 is 9.47 Å². The quantitative estimate of drug-likeness (QED) is 0.598. The molecule has 0 saturated heterocycles. The summed E-state index contributed by atoms with van der Waals surface area (Å²) in [4.78, 5) is 24.1. The molecule has 0 amide bonds. The van der Waals surface area contributed by atoms with Gasteiger partial charge in [0.05, 0.1) is 13.5 Å². The summed E-state index contributed by atoms with van der Waals surface area (Å²) in [5, 5.41) is 0.547. The molecule has 0 aliphatic heterocycles. The van der Waals surface area contributed by atoms with Crippen LogP contribution in [0.4, 0.5) is 0 Å². The molecule has 2 rings (SSSR count). The maximum absolute atomic E-state index is 12.2. The highest BCUT2D eigenvalue weighted by Crippen LogP contribution is 2.14. The third-order valence-electron chi connectivity index (χ3n) is 3.31. The number of hydrogen-bond donors (Lipinski definition) is 0. The summed E-state index contributed by atoms with van der Waals surface area (Å²) >= 11 is 5.79. The Hall–Kier alpha value is -2.33. The maximum atomic E-state index is 12.2. The Labute approximate surface area is 140 Å². The minimum atomic E-state index is -0.845. The molecule has 0 aliphatic carbocycles. The second-order valence-corrected chi connectivity index (χ2v) is 5.46. The summed E-state index contributed by atoms with van der Waals surface area (Å²) < 4.78 is 10.3. The first-order valence-corrected chi connectivity index (χ1v) is 7.49. The summed E-state index contributed by atoms with van der Waals surface area (Å²) in [5.74, 6) is 0.00290. The van der Waals surface area contributed by atoms with E-state index in [4.69, 9.17) is 21.1 Å². The molecule has 0 fully saturated rings. The summed E-state index contributed by atoms with van der Waals surface area (Å²) in [6.07, 6.45) is -0.746. The number of rotatable bonds is 6. The van der Waals surface area contributed by atoms with Gasteiger partial charge in [0, 0.05) is 10.6 Å². The van der Waals surface area contributed by atoms with Gasteiger partial charge in [0.15, 0.2) is 6.10 Å². The minimum Gasteiger partial charge on any atom is -0.497 e. The highest BCUT2D eigenvalue weighted by molar-refractivity contribution is 6.30. The van der Waals surface area contributed by atoms with E-state index in [0.29, 0.717) is 16.3 Å². The predicted molar refractivity (Wildman–Crippen MR) is 88.0 cm³/mol. The van der Waals surface area contributed by atoms with E-state index in [-0.39, 0.29) is 12.2 Å². The van der Waals surface area contributed by atoms with Gasteiger partial charge in [-0.15, -0.1) is 0 Å². The van der Waals surface area contributed by atoms with Crippen molar-refractivity contribution in [3.63, 3.8) is 0 Å². The Morgan fingerprint density at radius 1 is 1.04 bits per heavy atom. The average molecular weight is 333 g/mol. The number of ketones is 1. The molecule has 2 aromatic carbocycles. The molecule has 1 unspecified atom stereocenters. The van der Waals surface area contributed by atoms with Crippen LogP contribution in [-0.4, -0.2) is 25.0 Å². The van der Waals surface area contributed by atoms with Crippen LogP contribution in [0.25, 0.3) is 0 Å². The molecule has 0 spiro atoms. The Kier molecular flexibility index (Phi) is 5.77. The van der Waals surface area contributed by atoms with Crippen LogP contribution in [0.3, 0.4) is 0 Å². The van der Waals surface area contributed by atoms with Crippen molar-refractivity contribution in [3.05, 3.63) is 64.7 Å². The van der Waals surface area contributed by atoms with Crippen LogP contribution < -0.4 is 4.74 Å². The van der Waals surface area contributed by atoms with E-state index in [1.807, 2.05) is 0 Å². The molecular weight excluding hydrogens is 316 g/mol. The molecule has 1 atom stereocenters. The molecular formula is C18H17ClO4. The van der Waals surface area contributed by atoms with E-state index in [9.17, 15) is 9.59 Å². The lowest BCUT2D eigenvalue weighted by Crippen LogP contribution is -2.25. The Morgan fingerprint density at radius 3 is 2.22 bits per heavy atom. The van der Waals surface area contributed by atoms with Gasteiger partial charge >= 0.3 is 5.97 Å². The second kappa shape index (κ2) is 7.79. The predicted octanol–water partition coefficient (Wildman–Crippen LogP) is 3.71. The summed E-state index contributed by atoms with van der Waals surface area (Å²) in [6, 6.07) is 13.6. The first-order chi connectivity index (χ1) is 11.0. The van der Waals surface area contributed by atoms with E-state index < -0.39 is 12.1 Å².